The Morgan fingerprint density at radius 1 is 1.23 bits per heavy atom. The minimum absolute atomic E-state index is 0.0978. The average molecular weight is 413 g/mol. The fourth-order valence-corrected chi connectivity index (χ4v) is 3.53. The second kappa shape index (κ2) is 7.97. The Morgan fingerprint density at radius 3 is 2.57 bits per heavy atom. The van der Waals surface area contributed by atoms with Crippen LogP contribution >= 0.6 is 0 Å². The number of hydrogen-bond acceptors (Lipinski definition) is 4. The van der Waals surface area contributed by atoms with Crippen LogP contribution in [-0.2, 0) is 17.7 Å². The lowest BCUT2D eigenvalue weighted by molar-refractivity contribution is 0.0539. The van der Waals surface area contributed by atoms with Crippen molar-refractivity contribution in [2.75, 3.05) is 5.73 Å². The number of halogens is 1. The van der Waals surface area contributed by atoms with E-state index >= 15 is 0 Å². The van der Waals surface area contributed by atoms with Gasteiger partial charge in [0.15, 0.2) is 0 Å². The maximum atomic E-state index is 14.3. The molecule has 0 aliphatic rings. The van der Waals surface area contributed by atoms with Gasteiger partial charge in [-0.2, -0.15) is 0 Å². The van der Waals surface area contributed by atoms with Crippen molar-refractivity contribution in [3.63, 3.8) is 0 Å². The zero-order chi connectivity index (χ0) is 22.2. The highest BCUT2D eigenvalue weighted by atomic mass is 19.1. The molecule has 0 spiro atoms. The summed E-state index contributed by atoms with van der Waals surface area (Å²) in [6.07, 6.45) is 1.63. The minimum atomic E-state index is -0.711. The molecular weight excluding hydrogens is 385 g/mol. The first-order valence-corrected chi connectivity index (χ1v) is 9.97. The molecule has 0 aliphatic carbocycles. The number of carbonyl (C=O) groups excluding carboxylic acids is 1. The predicted molar refractivity (Wildman–Crippen MR) is 116 cm³/mol. The van der Waals surface area contributed by atoms with Gasteiger partial charge in [-0.15, -0.1) is 0 Å². The van der Waals surface area contributed by atoms with Crippen LogP contribution in [0.2, 0.25) is 0 Å². The molecule has 3 rings (SSSR count). The zero-order valence-corrected chi connectivity index (χ0v) is 18.0. The lowest BCUT2D eigenvalue weighted by Crippen LogP contribution is -2.29. The molecule has 2 N–H and O–H groups in total. The highest BCUT2D eigenvalue weighted by molar-refractivity contribution is 5.93. The van der Waals surface area contributed by atoms with Gasteiger partial charge in [0.1, 0.15) is 11.4 Å². The minimum Gasteiger partial charge on any atom is -0.443 e. The molecule has 0 radical (unpaired) electrons. The molecule has 2 aromatic heterocycles. The van der Waals surface area contributed by atoms with Gasteiger partial charge in [0.2, 0.25) is 0 Å². The number of rotatable bonds is 4. The summed E-state index contributed by atoms with van der Waals surface area (Å²) >= 11 is 0. The summed E-state index contributed by atoms with van der Waals surface area (Å²) < 4.78 is 22.8. The topological polar surface area (TPSA) is 79.2 Å². The normalized spacial score (nSPS) is 12.0. The van der Waals surface area contributed by atoms with E-state index in [1.165, 1.54) is 27.3 Å². The number of aromatic nitrogens is 2. The molecule has 30 heavy (non-hydrogen) atoms. The number of hydrogen-bond donors (Lipinski definition) is 1. The molecule has 2 heterocycles. The average Bonchev–Trinajstić information content (AvgIpc) is 2.95. The summed E-state index contributed by atoms with van der Waals surface area (Å²) in [5.74, 6) is -0.107. The second-order valence-electron chi connectivity index (χ2n) is 8.95. The zero-order valence-electron chi connectivity index (χ0n) is 18.0. The standard InChI is InChI=1S/C23H28FN3O3/c1-14(2)9-15-10-17(24)11-16-12-18(13-26-8-6-7-19(25)21(26)28)27(20(15)16)22(29)30-23(3,4)5/h6-8,10-12,14H,9,13,25H2,1-5H3. The molecule has 0 aliphatic heterocycles. The molecular formula is C23H28FN3O3. The van der Waals surface area contributed by atoms with Crippen LogP contribution in [0.25, 0.3) is 10.9 Å². The number of benzene rings is 1. The Hall–Kier alpha value is -3.09. The van der Waals surface area contributed by atoms with Crippen molar-refractivity contribution >= 4 is 22.7 Å². The Kier molecular flexibility index (Phi) is 5.74. The van der Waals surface area contributed by atoms with Gasteiger partial charge in [0, 0.05) is 11.6 Å². The van der Waals surface area contributed by atoms with Crippen LogP contribution in [0.5, 0.6) is 0 Å². The largest absolute Gasteiger partial charge is 0.443 e. The molecule has 0 saturated heterocycles. The van der Waals surface area contributed by atoms with Gasteiger partial charge in [-0.3, -0.25) is 4.79 Å². The highest BCUT2D eigenvalue weighted by Crippen LogP contribution is 2.28. The maximum Gasteiger partial charge on any atom is 0.419 e. The summed E-state index contributed by atoms with van der Waals surface area (Å²) in [7, 11) is 0. The summed E-state index contributed by atoms with van der Waals surface area (Å²) in [6, 6.07) is 7.77. The van der Waals surface area contributed by atoms with Gasteiger partial charge in [-0.05, 0) is 69.0 Å². The van der Waals surface area contributed by atoms with Crippen LogP contribution in [0.15, 0.2) is 41.3 Å². The van der Waals surface area contributed by atoms with Crippen LogP contribution in [0.1, 0.15) is 45.9 Å². The van der Waals surface area contributed by atoms with Crippen molar-refractivity contribution < 1.29 is 13.9 Å². The van der Waals surface area contributed by atoms with Crippen molar-refractivity contribution in [1.82, 2.24) is 9.13 Å². The lowest BCUT2D eigenvalue weighted by Gasteiger charge is -2.22. The van der Waals surface area contributed by atoms with E-state index in [4.69, 9.17) is 10.5 Å². The monoisotopic (exact) mass is 413 g/mol. The fourth-order valence-electron chi connectivity index (χ4n) is 3.53. The number of nitrogens with two attached hydrogens (primary N) is 1. The second-order valence-corrected chi connectivity index (χ2v) is 8.95. The molecule has 7 heteroatoms. The van der Waals surface area contributed by atoms with Crippen molar-refractivity contribution in [2.24, 2.45) is 5.92 Å². The molecule has 6 nitrogen and oxygen atoms in total. The van der Waals surface area contributed by atoms with E-state index in [9.17, 15) is 14.0 Å². The van der Waals surface area contributed by atoms with E-state index in [0.29, 0.717) is 23.0 Å². The molecule has 3 aromatic rings. The van der Waals surface area contributed by atoms with Crippen molar-refractivity contribution in [3.05, 3.63) is 64.0 Å². The molecule has 160 valence electrons. The van der Waals surface area contributed by atoms with Crippen LogP contribution in [0.3, 0.4) is 0 Å². The van der Waals surface area contributed by atoms with Crippen LogP contribution in [0, 0.1) is 11.7 Å². The van der Waals surface area contributed by atoms with E-state index in [-0.39, 0.29) is 29.5 Å². The van der Waals surface area contributed by atoms with Crippen LogP contribution in [-0.4, -0.2) is 20.8 Å². The molecule has 0 fully saturated rings. The quantitative estimate of drug-likeness (QED) is 0.680. The Bertz CT molecular complexity index is 1150. The van der Waals surface area contributed by atoms with Gasteiger partial charge in [-0.25, -0.2) is 13.8 Å². The highest BCUT2D eigenvalue weighted by Gasteiger charge is 2.24. The third-order valence-electron chi connectivity index (χ3n) is 4.60. The summed E-state index contributed by atoms with van der Waals surface area (Å²) in [6.45, 7) is 9.52. The third kappa shape index (κ3) is 4.56. The van der Waals surface area contributed by atoms with Crippen LogP contribution in [0.4, 0.5) is 14.9 Å². The SMILES string of the molecule is CC(C)Cc1cc(F)cc2cc(Cn3cccc(N)c3=O)n(C(=O)OC(C)(C)C)c12. The molecule has 0 amide bonds. The number of ether oxygens (including phenoxy) is 1. The predicted octanol–water partition coefficient (Wildman–Crippen LogP) is 4.55. The number of anilines is 1. The van der Waals surface area contributed by atoms with E-state index in [0.717, 1.165) is 5.56 Å². The van der Waals surface area contributed by atoms with E-state index in [2.05, 4.69) is 0 Å². The van der Waals surface area contributed by atoms with Gasteiger partial charge in [0.25, 0.3) is 5.56 Å². The molecule has 0 unspecified atom stereocenters. The number of pyridine rings is 1. The van der Waals surface area contributed by atoms with Crippen molar-refractivity contribution in [3.8, 4) is 0 Å². The van der Waals surface area contributed by atoms with E-state index < -0.39 is 11.7 Å². The number of fused-ring (bicyclic) bond motifs is 1. The summed E-state index contributed by atoms with van der Waals surface area (Å²) in [5.41, 5.74) is 6.64. The fraction of sp³-hybridized carbons (Fsp3) is 0.391. The third-order valence-corrected chi connectivity index (χ3v) is 4.60. The van der Waals surface area contributed by atoms with E-state index in [1.807, 2.05) is 13.8 Å². The van der Waals surface area contributed by atoms with E-state index in [1.54, 1.807) is 39.1 Å². The van der Waals surface area contributed by atoms with Crippen LogP contribution < -0.4 is 11.3 Å². The molecule has 0 saturated carbocycles. The van der Waals surface area contributed by atoms with Crippen molar-refractivity contribution in [2.45, 2.75) is 53.2 Å². The Morgan fingerprint density at radius 2 is 1.93 bits per heavy atom. The molecule has 1 aromatic carbocycles. The lowest BCUT2D eigenvalue weighted by atomic mass is 10.0. The maximum absolute atomic E-state index is 14.3. The molecule has 0 atom stereocenters. The Labute approximate surface area is 175 Å². The smallest absolute Gasteiger partial charge is 0.419 e. The van der Waals surface area contributed by atoms with Gasteiger partial charge < -0.3 is 15.0 Å². The summed E-state index contributed by atoms with van der Waals surface area (Å²) in [5, 5.41) is 0.587. The van der Waals surface area contributed by atoms with Gasteiger partial charge >= 0.3 is 6.09 Å². The van der Waals surface area contributed by atoms with Gasteiger partial charge in [-0.1, -0.05) is 13.8 Å². The number of carbonyl (C=O) groups is 1. The van der Waals surface area contributed by atoms with Gasteiger partial charge in [0.05, 0.1) is 23.4 Å². The Balaban J connectivity index is 2.25. The molecule has 0 bridgehead atoms. The first kappa shape index (κ1) is 21.6. The van der Waals surface area contributed by atoms with Crippen molar-refractivity contribution in [1.29, 1.82) is 0 Å². The summed E-state index contributed by atoms with van der Waals surface area (Å²) in [4.78, 5) is 25.6. The first-order chi connectivity index (χ1) is 14.0. The first-order valence-electron chi connectivity index (χ1n) is 9.97. The number of nitrogen functional groups attached to an aromatic ring is 1. The number of nitrogens with zero attached hydrogens (tertiary/aromatic N) is 2.